The smallest absolute Gasteiger partial charge is 0.227 e. The van der Waals surface area contributed by atoms with Crippen molar-refractivity contribution in [2.24, 2.45) is 11.0 Å². The Balaban J connectivity index is 1.75. The lowest BCUT2D eigenvalue weighted by Crippen LogP contribution is -2.24. The van der Waals surface area contributed by atoms with Crippen molar-refractivity contribution in [3.05, 3.63) is 47.4 Å². The lowest BCUT2D eigenvalue weighted by molar-refractivity contribution is -0.117. The van der Waals surface area contributed by atoms with Crippen LogP contribution in [-0.4, -0.2) is 33.8 Å². The van der Waals surface area contributed by atoms with E-state index >= 15 is 0 Å². The lowest BCUT2D eigenvalue weighted by Gasteiger charge is -2.16. The number of rotatable bonds is 4. The molecular weight excluding hydrogens is 270 g/mol. The van der Waals surface area contributed by atoms with Gasteiger partial charge in [0.2, 0.25) is 5.91 Å². The van der Waals surface area contributed by atoms with E-state index in [2.05, 4.69) is 20.1 Å². The Hall–Kier alpha value is -2.86. The van der Waals surface area contributed by atoms with Crippen molar-refractivity contribution >= 4 is 11.6 Å². The quantitative estimate of drug-likeness (QED) is 0.486. The van der Waals surface area contributed by atoms with Crippen LogP contribution in [0, 0.1) is 5.92 Å². The summed E-state index contributed by atoms with van der Waals surface area (Å²) in [5.41, 5.74) is 10.1. The first-order valence-electron chi connectivity index (χ1n) is 6.54. The van der Waals surface area contributed by atoms with E-state index in [9.17, 15) is 4.79 Å². The fourth-order valence-corrected chi connectivity index (χ4v) is 2.43. The van der Waals surface area contributed by atoms with Gasteiger partial charge in [-0.25, -0.2) is 9.67 Å². The number of hydrogen-bond donors (Lipinski definition) is 0. The zero-order chi connectivity index (χ0) is 14.7. The van der Waals surface area contributed by atoms with Gasteiger partial charge in [0.05, 0.1) is 5.69 Å². The van der Waals surface area contributed by atoms with E-state index in [1.807, 2.05) is 24.3 Å². The first kappa shape index (κ1) is 13.1. The van der Waals surface area contributed by atoms with E-state index in [1.165, 1.54) is 6.33 Å². The molecule has 106 valence electrons. The SMILES string of the molecule is [N-]=[N+]=NCC1CC(=O)N(c2ccc(-n3cncn3)cc2)C1. The molecule has 0 saturated carbocycles. The maximum absolute atomic E-state index is 12.0. The third kappa shape index (κ3) is 2.70. The van der Waals surface area contributed by atoms with Crippen LogP contribution in [0.5, 0.6) is 0 Å². The van der Waals surface area contributed by atoms with E-state index in [1.54, 1.807) is 15.9 Å². The van der Waals surface area contributed by atoms with E-state index in [0.29, 0.717) is 19.5 Å². The maximum Gasteiger partial charge on any atom is 0.227 e. The minimum Gasteiger partial charge on any atom is -0.312 e. The first-order chi connectivity index (χ1) is 10.3. The van der Waals surface area contributed by atoms with Crippen molar-refractivity contribution < 1.29 is 4.79 Å². The van der Waals surface area contributed by atoms with E-state index in [-0.39, 0.29) is 11.8 Å². The summed E-state index contributed by atoms with van der Waals surface area (Å²) in [6, 6.07) is 7.53. The molecule has 0 spiro atoms. The Labute approximate surface area is 120 Å². The van der Waals surface area contributed by atoms with Crippen molar-refractivity contribution in [1.29, 1.82) is 0 Å². The zero-order valence-electron chi connectivity index (χ0n) is 11.2. The molecule has 1 aliphatic rings. The highest BCUT2D eigenvalue weighted by atomic mass is 16.2. The van der Waals surface area contributed by atoms with Gasteiger partial charge in [-0.1, -0.05) is 5.11 Å². The molecule has 1 aromatic carbocycles. The highest BCUT2D eigenvalue weighted by Gasteiger charge is 2.29. The number of amides is 1. The molecule has 1 atom stereocenters. The average molecular weight is 283 g/mol. The van der Waals surface area contributed by atoms with Gasteiger partial charge in [0, 0.05) is 30.1 Å². The summed E-state index contributed by atoms with van der Waals surface area (Å²) >= 11 is 0. The minimum atomic E-state index is 0.0571. The number of aromatic nitrogens is 3. The molecule has 1 fully saturated rings. The van der Waals surface area contributed by atoms with Gasteiger partial charge in [-0.3, -0.25) is 4.79 Å². The molecule has 1 unspecified atom stereocenters. The van der Waals surface area contributed by atoms with Crippen LogP contribution in [0.25, 0.3) is 16.1 Å². The fourth-order valence-electron chi connectivity index (χ4n) is 2.43. The second kappa shape index (κ2) is 5.64. The number of anilines is 1. The Bertz CT molecular complexity index is 673. The molecule has 0 bridgehead atoms. The number of nitrogens with zero attached hydrogens (tertiary/aromatic N) is 7. The lowest BCUT2D eigenvalue weighted by atomic mass is 10.1. The number of carbonyl (C=O) groups excluding carboxylic acids is 1. The highest BCUT2D eigenvalue weighted by Crippen LogP contribution is 2.26. The summed E-state index contributed by atoms with van der Waals surface area (Å²) in [4.78, 5) is 20.4. The molecular formula is C13H13N7O. The topological polar surface area (TPSA) is 99.8 Å². The average Bonchev–Trinajstić information content (AvgIpc) is 3.15. The molecule has 21 heavy (non-hydrogen) atoms. The summed E-state index contributed by atoms with van der Waals surface area (Å²) in [5.74, 6) is 0.144. The number of hydrogen-bond acceptors (Lipinski definition) is 4. The van der Waals surface area contributed by atoms with Gasteiger partial charge in [0.25, 0.3) is 0 Å². The normalized spacial score (nSPS) is 17.8. The maximum atomic E-state index is 12.0. The molecule has 1 aliphatic heterocycles. The van der Waals surface area contributed by atoms with Crippen LogP contribution < -0.4 is 4.90 Å². The van der Waals surface area contributed by atoms with E-state index < -0.39 is 0 Å². The molecule has 2 heterocycles. The molecule has 8 heteroatoms. The molecule has 0 N–H and O–H groups in total. The monoisotopic (exact) mass is 283 g/mol. The zero-order valence-corrected chi connectivity index (χ0v) is 11.2. The van der Waals surface area contributed by atoms with Crippen LogP contribution in [0.3, 0.4) is 0 Å². The molecule has 3 rings (SSSR count). The van der Waals surface area contributed by atoms with Crippen LogP contribution in [-0.2, 0) is 4.79 Å². The van der Waals surface area contributed by atoms with E-state index in [0.717, 1.165) is 11.4 Å². The predicted molar refractivity (Wildman–Crippen MR) is 75.8 cm³/mol. The molecule has 8 nitrogen and oxygen atoms in total. The molecule has 0 aliphatic carbocycles. The minimum absolute atomic E-state index is 0.0571. The summed E-state index contributed by atoms with van der Waals surface area (Å²) < 4.78 is 1.65. The van der Waals surface area contributed by atoms with Crippen LogP contribution in [0.4, 0.5) is 5.69 Å². The number of benzene rings is 1. The largest absolute Gasteiger partial charge is 0.312 e. The summed E-state index contributed by atoms with van der Waals surface area (Å²) in [7, 11) is 0. The Morgan fingerprint density at radius 3 is 2.76 bits per heavy atom. The van der Waals surface area contributed by atoms with Crippen molar-refractivity contribution in [3.8, 4) is 5.69 Å². The Morgan fingerprint density at radius 2 is 2.10 bits per heavy atom. The first-order valence-corrected chi connectivity index (χ1v) is 6.54. The summed E-state index contributed by atoms with van der Waals surface area (Å²) in [6.45, 7) is 0.941. The molecule has 0 radical (unpaired) electrons. The van der Waals surface area contributed by atoms with Gasteiger partial charge >= 0.3 is 0 Å². The molecule has 1 aromatic heterocycles. The van der Waals surface area contributed by atoms with Crippen molar-refractivity contribution in [1.82, 2.24) is 14.8 Å². The van der Waals surface area contributed by atoms with Gasteiger partial charge < -0.3 is 4.90 Å². The second-order valence-corrected chi connectivity index (χ2v) is 4.84. The molecule has 1 saturated heterocycles. The highest BCUT2D eigenvalue weighted by molar-refractivity contribution is 5.95. The third-order valence-electron chi connectivity index (χ3n) is 3.45. The van der Waals surface area contributed by atoms with Gasteiger partial charge in [-0.15, -0.1) is 0 Å². The summed E-state index contributed by atoms with van der Waals surface area (Å²) in [5, 5.41) is 7.60. The Morgan fingerprint density at radius 1 is 1.33 bits per heavy atom. The molecule has 1 amide bonds. The van der Waals surface area contributed by atoms with Crippen molar-refractivity contribution in [3.63, 3.8) is 0 Å². The molecule has 2 aromatic rings. The second-order valence-electron chi connectivity index (χ2n) is 4.84. The number of carbonyl (C=O) groups is 1. The van der Waals surface area contributed by atoms with Gasteiger partial charge in [0.15, 0.2) is 0 Å². The van der Waals surface area contributed by atoms with E-state index in [4.69, 9.17) is 5.53 Å². The van der Waals surface area contributed by atoms with Crippen LogP contribution >= 0.6 is 0 Å². The van der Waals surface area contributed by atoms with Crippen molar-refractivity contribution in [2.75, 3.05) is 18.0 Å². The summed E-state index contributed by atoms with van der Waals surface area (Å²) in [6.07, 6.45) is 3.51. The standard InChI is InChI=1S/C13H13N7O/c14-18-16-6-10-5-13(21)19(7-10)11-1-3-12(4-2-11)20-9-15-8-17-20/h1-4,8-10H,5-7H2. The van der Waals surface area contributed by atoms with Crippen LogP contribution in [0.2, 0.25) is 0 Å². The van der Waals surface area contributed by atoms with Gasteiger partial charge in [-0.2, -0.15) is 5.10 Å². The number of azide groups is 1. The predicted octanol–water partition coefficient (Wildman–Crippen LogP) is 1.93. The third-order valence-corrected chi connectivity index (χ3v) is 3.45. The Kier molecular flexibility index (Phi) is 3.53. The van der Waals surface area contributed by atoms with Gasteiger partial charge in [-0.05, 0) is 35.7 Å². The van der Waals surface area contributed by atoms with Crippen LogP contribution in [0.15, 0.2) is 42.0 Å². The fraction of sp³-hybridized carbons (Fsp3) is 0.308. The van der Waals surface area contributed by atoms with Crippen LogP contribution in [0.1, 0.15) is 6.42 Å². The van der Waals surface area contributed by atoms with Gasteiger partial charge in [0.1, 0.15) is 12.7 Å². The van der Waals surface area contributed by atoms with Crippen molar-refractivity contribution in [2.45, 2.75) is 6.42 Å².